The summed E-state index contributed by atoms with van der Waals surface area (Å²) >= 11 is 1.01. The average Bonchev–Trinajstić information content (AvgIpc) is 2.84. The molecule has 1 heterocycles. The highest BCUT2D eigenvalue weighted by Crippen LogP contribution is 2.27. The van der Waals surface area contributed by atoms with Gasteiger partial charge in [0.25, 0.3) is 5.91 Å². The van der Waals surface area contributed by atoms with Gasteiger partial charge in [-0.25, -0.2) is 0 Å². The molecule has 2 rings (SSSR count). The van der Waals surface area contributed by atoms with Crippen LogP contribution in [-0.4, -0.2) is 31.9 Å². The fourth-order valence-corrected chi connectivity index (χ4v) is 2.53. The molecule has 1 aliphatic rings. The van der Waals surface area contributed by atoms with Crippen LogP contribution in [0.25, 0.3) is 0 Å². The van der Waals surface area contributed by atoms with E-state index in [0.29, 0.717) is 5.69 Å². The van der Waals surface area contributed by atoms with Crippen LogP contribution in [0.2, 0.25) is 0 Å². The summed E-state index contributed by atoms with van der Waals surface area (Å²) < 4.78 is 7.68. The summed E-state index contributed by atoms with van der Waals surface area (Å²) in [5, 5.41) is 12.3. The molecule has 0 radical (unpaired) electrons. The molecule has 1 amide bonds. The van der Waals surface area contributed by atoms with E-state index in [1.165, 1.54) is 12.6 Å². The normalized spacial score (nSPS) is 19.3. The Bertz CT molecular complexity index is 347. The van der Waals surface area contributed by atoms with Crippen LogP contribution in [0.5, 0.6) is 0 Å². The van der Waals surface area contributed by atoms with Crippen LogP contribution < -0.4 is 5.32 Å². The predicted molar refractivity (Wildman–Crippen MR) is 60.3 cm³/mol. The molecule has 0 aromatic carbocycles. The van der Waals surface area contributed by atoms with Gasteiger partial charge >= 0.3 is 0 Å². The highest BCUT2D eigenvalue weighted by atomic mass is 32.1. The lowest BCUT2D eigenvalue weighted by atomic mass is 9.82. The highest BCUT2D eigenvalue weighted by molar-refractivity contribution is 6.99. The van der Waals surface area contributed by atoms with Gasteiger partial charge in [0.2, 0.25) is 0 Å². The van der Waals surface area contributed by atoms with E-state index in [2.05, 4.69) is 14.1 Å². The fraction of sp³-hybridized carbons (Fsp3) is 0.700. The summed E-state index contributed by atoms with van der Waals surface area (Å²) in [6.45, 7) is -0.00366. The molecule has 0 spiro atoms. The van der Waals surface area contributed by atoms with Crippen LogP contribution >= 0.6 is 11.7 Å². The molecule has 0 bridgehead atoms. The number of carbonyl (C=O) groups excluding carboxylic acids is 1. The molecule has 0 atom stereocenters. The van der Waals surface area contributed by atoms with E-state index in [4.69, 9.17) is 0 Å². The van der Waals surface area contributed by atoms with Gasteiger partial charge in [0, 0.05) is 0 Å². The summed E-state index contributed by atoms with van der Waals surface area (Å²) in [5.74, 6) is -0.232. The van der Waals surface area contributed by atoms with E-state index >= 15 is 0 Å². The molecule has 1 aromatic heterocycles. The highest BCUT2D eigenvalue weighted by Gasteiger charge is 2.33. The molecular formula is C10H15N3O2S. The number of rotatable bonds is 3. The number of aliphatic hydroxyl groups is 1. The van der Waals surface area contributed by atoms with Crippen LogP contribution in [0.4, 0.5) is 0 Å². The minimum atomic E-state index is -0.445. The van der Waals surface area contributed by atoms with Crippen molar-refractivity contribution in [3.63, 3.8) is 0 Å². The minimum Gasteiger partial charge on any atom is -0.394 e. The molecular weight excluding hydrogens is 226 g/mol. The van der Waals surface area contributed by atoms with Gasteiger partial charge in [-0.15, -0.1) is 0 Å². The van der Waals surface area contributed by atoms with Crippen LogP contribution in [0, 0.1) is 0 Å². The second kappa shape index (κ2) is 4.88. The standard InChI is InChI=1S/C10H15N3O2S/c14-7-10(4-2-1-3-5-10)12-9(15)8-6-11-16-13-8/h6,14H,1-5,7H2,(H,12,15). The largest absolute Gasteiger partial charge is 0.394 e. The Kier molecular flexibility index (Phi) is 3.50. The number of nitrogens with zero attached hydrogens (tertiary/aromatic N) is 2. The molecule has 1 aromatic rings. The second-order valence-electron chi connectivity index (χ2n) is 4.25. The number of aromatic nitrogens is 2. The predicted octanol–water partition coefficient (Wildman–Crippen LogP) is 0.963. The van der Waals surface area contributed by atoms with Crippen molar-refractivity contribution in [1.29, 1.82) is 0 Å². The maximum absolute atomic E-state index is 11.8. The van der Waals surface area contributed by atoms with Gasteiger partial charge < -0.3 is 10.4 Å². The van der Waals surface area contributed by atoms with Crippen molar-refractivity contribution in [3.8, 4) is 0 Å². The Balaban J connectivity index is 2.03. The van der Waals surface area contributed by atoms with Crippen LogP contribution in [-0.2, 0) is 0 Å². The molecule has 0 unspecified atom stereocenters. The Morgan fingerprint density at radius 2 is 2.25 bits per heavy atom. The van der Waals surface area contributed by atoms with Gasteiger partial charge in [0.1, 0.15) is 0 Å². The third kappa shape index (κ3) is 2.38. The molecule has 1 saturated carbocycles. The van der Waals surface area contributed by atoms with Crippen LogP contribution in [0.1, 0.15) is 42.6 Å². The van der Waals surface area contributed by atoms with Crippen molar-refractivity contribution in [2.45, 2.75) is 37.6 Å². The van der Waals surface area contributed by atoms with Crippen LogP contribution in [0.15, 0.2) is 6.20 Å². The second-order valence-corrected chi connectivity index (χ2v) is 4.80. The van der Waals surface area contributed by atoms with E-state index in [-0.39, 0.29) is 12.5 Å². The minimum absolute atomic E-state index is 0.00366. The SMILES string of the molecule is O=C(NC1(CO)CCCCC1)c1cnsn1. The summed E-state index contributed by atoms with van der Waals surface area (Å²) in [6.07, 6.45) is 6.41. The first-order valence-corrected chi connectivity index (χ1v) is 6.20. The summed E-state index contributed by atoms with van der Waals surface area (Å²) in [5.41, 5.74) is -0.109. The lowest BCUT2D eigenvalue weighted by Crippen LogP contribution is -2.52. The number of aliphatic hydroxyl groups excluding tert-OH is 1. The maximum atomic E-state index is 11.8. The number of carbonyl (C=O) groups is 1. The van der Waals surface area contributed by atoms with Gasteiger partial charge in [-0.2, -0.15) is 8.75 Å². The maximum Gasteiger partial charge on any atom is 0.273 e. The van der Waals surface area contributed by atoms with E-state index < -0.39 is 5.54 Å². The molecule has 16 heavy (non-hydrogen) atoms. The van der Waals surface area contributed by atoms with Crippen molar-refractivity contribution in [2.75, 3.05) is 6.61 Å². The van der Waals surface area contributed by atoms with Gasteiger partial charge in [0.05, 0.1) is 30.1 Å². The third-order valence-corrected chi connectivity index (χ3v) is 3.56. The monoisotopic (exact) mass is 241 g/mol. The molecule has 0 aliphatic heterocycles. The zero-order valence-electron chi connectivity index (χ0n) is 8.98. The van der Waals surface area contributed by atoms with Crippen molar-refractivity contribution < 1.29 is 9.90 Å². The topological polar surface area (TPSA) is 75.1 Å². The summed E-state index contributed by atoms with van der Waals surface area (Å²) in [6, 6.07) is 0. The zero-order valence-corrected chi connectivity index (χ0v) is 9.79. The van der Waals surface area contributed by atoms with Crippen molar-refractivity contribution in [1.82, 2.24) is 14.1 Å². The van der Waals surface area contributed by atoms with Crippen molar-refractivity contribution in [3.05, 3.63) is 11.9 Å². The smallest absolute Gasteiger partial charge is 0.273 e. The molecule has 2 N–H and O–H groups in total. The van der Waals surface area contributed by atoms with Crippen molar-refractivity contribution >= 4 is 17.6 Å². The molecule has 6 heteroatoms. The number of nitrogens with one attached hydrogen (secondary N) is 1. The first-order chi connectivity index (χ1) is 7.76. The summed E-state index contributed by atoms with van der Waals surface area (Å²) in [4.78, 5) is 11.8. The van der Waals surface area contributed by atoms with Gasteiger partial charge in [0.15, 0.2) is 5.69 Å². The van der Waals surface area contributed by atoms with Gasteiger partial charge in [-0.3, -0.25) is 4.79 Å². The van der Waals surface area contributed by atoms with E-state index in [9.17, 15) is 9.90 Å². The van der Waals surface area contributed by atoms with Gasteiger partial charge in [-0.1, -0.05) is 19.3 Å². The molecule has 1 aliphatic carbocycles. The number of amides is 1. The Labute approximate surface area is 98.2 Å². The summed E-state index contributed by atoms with van der Waals surface area (Å²) in [7, 11) is 0. The lowest BCUT2D eigenvalue weighted by molar-refractivity contribution is 0.0755. The van der Waals surface area contributed by atoms with E-state index in [1.807, 2.05) is 0 Å². The molecule has 88 valence electrons. The first kappa shape index (κ1) is 11.5. The molecule has 0 saturated heterocycles. The quantitative estimate of drug-likeness (QED) is 0.826. The Morgan fingerprint density at radius 3 is 2.81 bits per heavy atom. The first-order valence-electron chi connectivity index (χ1n) is 5.47. The molecule has 5 nitrogen and oxygen atoms in total. The third-order valence-electron chi connectivity index (χ3n) is 3.09. The number of hydrogen-bond donors (Lipinski definition) is 2. The Hall–Kier alpha value is -1.01. The van der Waals surface area contributed by atoms with E-state index in [1.54, 1.807) is 0 Å². The fourth-order valence-electron chi connectivity index (χ4n) is 2.12. The van der Waals surface area contributed by atoms with E-state index in [0.717, 1.165) is 37.4 Å². The Morgan fingerprint density at radius 1 is 1.50 bits per heavy atom. The van der Waals surface area contributed by atoms with Gasteiger partial charge in [-0.05, 0) is 12.8 Å². The van der Waals surface area contributed by atoms with Crippen molar-refractivity contribution in [2.24, 2.45) is 0 Å². The lowest BCUT2D eigenvalue weighted by Gasteiger charge is -2.36. The molecule has 1 fully saturated rings. The van der Waals surface area contributed by atoms with Crippen LogP contribution in [0.3, 0.4) is 0 Å². The zero-order chi connectivity index (χ0) is 11.4. The number of hydrogen-bond acceptors (Lipinski definition) is 5. The average molecular weight is 241 g/mol.